The second kappa shape index (κ2) is 8.89. The van der Waals surface area contributed by atoms with Crippen LogP contribution >= 0.6 is 0 Å². The van der Waals surface area contributed by atoms with Crippen LogP contribution in [0.5, 0.6) is 5.75 Å². The molecule has 0 fully saturated rings. The summed E-state index contributed by atoms with van der Waals surface area (Å²) in [6, 6.07) is 5.64. The van der Waals surface area contributed by atoms with Gasteiger partial charge in [-0.05, 0) is 17.7 Å². The van der Waals surface area contributed by atoms with Crippen LogP contribution in [0.1, 0.15) is 18.4 Å². The van der Waals surface area contributed by atoms with E-state index in [1.54, 1.807) is 7.11 Å². The molecule has 0 spiro atoms. The van der Waals surface area contributed by atoms with Crippen molar-refractivity contribution in [1.82, 2.24) is 5.32 Å². The third-order valence-corrected chi connectivity index (χ3v) is 3.16. The Hall–Kier alpha value is -2.28. The van der Waals surface area contributed by atoms with Gasteiger partial charge in [-0.3, -0.25) is 9.59 Å². The Labute approximate surface area is 129 Å². The molecule has 0 unspecified atom stereocenters. The lowest BCUT2D eigenvalue weighted by atomic mass is 10.1. The lowest BCUT2D eigenvalue weighted by Gasteiger charge is -2.21. The van der Waals surface area contributed by atoms with Crippen LogP contribution in [0.15, 0.2) is 18.2 Å². The lowest BCUT2D eigenvalue weighted by Crippen LogP contribution is -2.22. The van der Waals surface area contributed by atoms with E-state index in [9.17, 15) is 9.59 Å². The van der Waals surface area contributed by atoms with Crippen LogP contribution in [0.2, 0.25) is 0 Å². The van der Waals surface area contributed by atoms with Gasteiger partial charge in [0.15, 0.2) is 0 Å². The summed E-state index contributed by atoms with van der Waals surface area (Å²) in [4.78, 5) is 22.9. The minimum atomic E-state index is -0.843. The monoisotopic (exact) mass is 310 g/mol. The average molecular weight is 310 g/mol. The van der Waals surface area contributed by atoms with E-state index >= 15 is 0 Å². The molecule has 0 aliphatic heterocycles. The van der Waals surface area contributed by atoms with Crippen LogP contribution in [0.3, 0.4) is 0 Å². The number of anilines is 1. The minimum absolute atomic E-state index is 0.0537. The van der Waals surface area contributed by atoms with E-state index < -0.39 is 11.9 Å². The van der Waals surface area contributed by atoms with Crippen molar-refractivity contribution in [1.29, 1.82) is 0 Å². The maximum absolute atomic E-state index is 10.6. The molecule has 0 saturated heterocycles. The first kappa shape index (κ1) is 17.8. The third kappa shape index (κ3) is 6.01. The number of methoxy groups -OCH3 is 1. The first-order valence-corrected chi connectivity index (χ1v) is 6.96. The van der Waals surface area contributed by atoms with E-state index in [1.807, 2.05) is 30.1 Å². The molecule has 1 aromatic rings. The summed E-state index contributed by atoms with van der Waals surface area (Å²) in [6.07, 6.45) is 0.130. The molecule has 0 radical (unpaired) electrons. The average Bonchev–Trinajstić information content (AvgIpc) is 2.48. The molecule has 0 saturated carbocycles. The van der Waals surface area contributed by atoms with Gasteiger partial charge in [0, 0.05) is 26.7 Å². The van der Waals surface area contributed by atoms with Crippen LogP contribution in [0.4, 0.5) is 5.69 Å². The standard InChI is InChI=1S/C15H22N2O5/c1-17(8-6-15(20)21)12-4-3-11(9-13(12)22-2)10-16-7-5-14(18)19/h3-4,9,16H,5-8,10H2,1-2H3,(H,18,19)(H,20,21). The fourth-order valence-corrected chi connectivity index (χ4v) is 1.96. The predicted octanol–water partition coefficient (Wildman–Crippen LogP) is 1.17. The molecule has 0 bridgehead atoms. The molecule has 1 rings (SSSR count). The Morgan fingerprint density at radius 2 is 1.91 bits per heavy atom. The van der Waals surface area contributed by atoms with Crippen molar-refractivity contribution < 1.29 is 24.5 Å². The molecular weight excluding hydrogens is 288 g/mol. The van der Waals surface area contributed by atoms with E-state index in [1.165, 1.54) is 0 Å². The molecule has 0 aliphatic rings. The topological polar surface area (TPSA) is 99.1 Å². The van der Waals surface area contributed by atoms with Gasteiger partial charge in [0.1, 0.15) is 5.75 Å². The number of rotatable bonds is 10. The van der Waals surface area contributed by atoms with Crippen molar-refractivity contribution in [2.75, 3.05) is 32.1 Å². The number of benzene rings is 1. The van der Waals surface area contributed by atoms with Gasteiger partial charge in [-0.2, -0.15) is 0 Å². The summed E-state index contributed by atoms with van der Waals surface area (Å²) in [7, 11) is 3.37. The number of carboxylic acid groups (broad SMARTS) is 2. The van der Waals surface area contributed by atoms with Crippen molar-refractivity contribution in [3.05, 3.63) is 23.8 Å². The molecule has 0 aliphatic carbocycles. The van der Waals surface area contributed by atoms with Gasteiger partial charge in [0.2, 0.25) is 0 Å². The van der Waals surface area contributed by atoms with Gasteiger partial charge in [-0.1, -0.05) is 6.07 Å². The Bertz CT molecular complexity index is 519. The van der Waals surface area contributed by atoms with Crippen molar-refractivity contribution in [2.45, 2.75) is 19.4 Å². The number of ether oxygens (including phenoxy) is 1. The van der Waals surface area contributed by atoms with Gasteiger partial charge < -0.3 is 25.2 Å². The van der Waals surface area contributed by atoms with E-state index in [0.29, 0.717) is 25.4 Å². The summed E-state index contributed by atoms with van der Waals surface area (Å²) in [5, 5.41) is 20.3. The third-order valence-electron chi connectivity index (χ3n) is 3.16. The smallest absolute Gasteiger partial charge is 0.305 e. The molecule has 122 valence electrons. The molecule has 0 amide bonds. The van der Waals surface area contributed by atoms with E-state index in [4.69, 9.17) is 14.9 Å². The Morgan fingerprint density at radius 1 is 1.23 bits per heavy atom. The first-order chi connectivity index (χ1) is 10.4. The van der Waals surface area contributed by atoms with E-state index in [0.717, 1.165) is 11.3 Å². The number of aliphatic carboxylic acids is 2. The number of nitrogens with zero attached hydrogens (tertiary/aromatic N) is 1. The van der Waals surface area contributed by atoms with Gasteiger partial charge in [-0.25, -0.2) is 0 Å². The van der Waals surface area contributed by atoms with E-state index in [-0.39, 0.29) is 12.8 Å². The van der Waals surface area contributed by atoms with Gasteiger partial charge in [0.25, 0.3) is 0 Å². The fraction of sp³-hybridized carbons (Fsp3) is 0.467. The lowest BCUT2D eigenvalue weighted by molar-refractivity contribution is -0.137. The van der Waals surface area contributed by atoms with E-state index in [2.05, 4.69) is 5.32 Å². The van der Waals surface area contributed by atoms with Crippen molar-refractivity contribution in [3.8, 4) is 5.75 Å². The van der Waals surface area contributed by atoms with Crippen LogP contribution < -0.4 is 15.0 Å². The summed E-state index contributed by atoms with van der Waals surface area (Å²) >= 11 is 0. The van der Waals surface area contributed by atoms with Crippen LogP contribution in [-0.4, -0.2) is 49.4 Å². The van der Waals surface area contributed by atoms with Gasteiger partial charge in [0.05, 0.1) is 25.6 Å². The highest BCUT2D eigenvalue weighted by molar-refractivity contribution is 5.68. The first-order valence-electron chi connectivity index (χ1n) is 6.96. The number of carboxylic acids is 2. The second-order valence-corrected chi connectivity index (χ2v) is 4.89. The summed E-state index contributed by atoms with van der Waals surface area (Å²) in [6.45, 7) is 1.34. The van der Waals surface area contributed by atoms with Crippen LogP contribution in [0, 0.1) is 0 Å². The fourth-order valence-electron chi connectivity index (χ4n) is 1.96. The van der Waals surface area contributed by atoms with Crippen molar-refractivity contribution in [3.63, 3.8) is 0 Å². The van der Waals surface area contributed by atoms with Gasteiger partial charge in [-0.15, -0.1) is 0 Å². The highest BCUT2D eigenvalue weighted by Gasteiger charge is 2.10. The molecule has 0 atom stereocenters. The maximum atomic E-state index is 10.6. The van der Waals surface area contributed by atoms with Gasteiger partial charge >= 0.3 is 11.9 Å². The zero-order valence-corrected chi connectivity index (χ0v) is 12.8. The molecule has 22 heavy (non-hydrogen) atoms. The number of nitrogens with one attached hydrogen (secondary N) is 1. The summed E-state index contributed by atoms with van der Waals surface area (Å²) < 4.78 is 5.35. The Balaban J connectivity index is 2.65. The molecule has 0 aromatic heterocycles. The van der Waals surface area contributed by atoms with Crippen LogP contribution in [-0.2, 0) is 16.1 Å². The minimum Gasteiger partial charge on any atom is -0.495 e. The Kier molecular flexibility index (Phi) is 7.18. The summed E-state index contributed by atoms with van der Waals surface area (Å²) in [5.41, 5.74) is 1.79. The Morgan fingerprint density at radius 3 is 2.50 bits per heavy atom. The second-order valence-electron chi connectivity index (χ2n) is 4.89. The molecule has 7 heteroatoms. The molecule has 1 aromatic carbocycles. The van der Waals surface area contributed by atoms with Crippen LogP contribution in [0.25, 0.3) is 0 Å². The molecule has 7 nitrogen and oxygen atoms in total. The zero-order valence-electron chi connectivity index (χ0n) is 12.8. The van der Waals surface area contributed by atoms with Crippen molar-refractivity contribution in [2.24, 2.45) is 0 Å². The maximum Gasteiger partial charge on any atom is 0.305 e. The largest absolute Gasteiger partial charge is 0.495 e. The zero-order chi connectivity index (χ0) is 16.5. The highest BCUT2D eigenvalue weighted by atomic mass is 16.5. The summed E-state index contributed by atoms with van der Waals surface area (Å²) in [5.74, 6) is -1.02. The highest BCUT2D eigenvalue weighted by Crippen LogP contribution is 2.28. The number of hydrogen-bond acceptors (Lipinski definition) is 5. The number of carbonyl (C=O) groups is 2. The molecular formula is C15H22N2O5. The number of hydrogen-bond donors (Lipinski definition) is 3. The SMILES string of the molecule is COc1cc(CNCCC(=O)O)ccc1N(C)CCC(=O)O. The normalized spacial score (nSPS) is 10.3. The molecule has 3 N–H and O–H groups in total. The van der Waals surface area contributed by atoms with Crippen molar-refractivity contribution >= 4 is 17.6 Å². The quantitative estimate of drug-likeness (QED) is 0.558. The molecule has 0 heterocycles. The predicted molar refractivity (Wildman–Crippen MR) is 82.5 cm³/mol.